The molecule has 1 nitrogen and oxygen atoms in total. The van der Waals surface area contributed by atoms with Gasteiger partial charge in [-0.25, -0.2) is 0 Å². The van der Waals surface area contributed by atoms with Crippen LogP contribution in [-0.2, 0) is 0 Å². The second kappa shape index (κ2) is 7.07. The molecule has 144 valence electrons. The van der Waals surface area contributed by atoms with Crippen LogP contribution >= 0.6 is 15.9 Å². The SMILES string of the molecule is Brc1ccccc1[C@H]1CC=CC2=C1CC=C1C=NC=c3ccc4ccccc4c3=C12. The molecule has 0 spiro atoms. The highest BCUT2D eigenvalue weighted by Gasteiger charge is 2.28. The van der Waals surface area contributed by atoms with Gasteiger partial charge in [0.1, 0.15) is 0 Å². The average Bonchev–Trinajstić information content (AvgIpc) is 2.99. The molecule has 1 heterocycles. The van der Waals surface area contributed by atoms with Crippen molar-refractivity contribution in [2.75, 3.05) is 0 Å². The number of allylic oxidation sites excluding steroid dienone is 6. The number of fused-ring (bicyclic) bond motifs is 5. The van der Waals surface area contributed by atoms with Crippen LogP contribution in [0, 0.1) is 0 Å². The van der Waals surface area contributed by atoms with Crippen LogP contribution < -0.4 is 10.4 Å². The van der Waals surface area contributed by atoms with Gasteiger partial charge in [-0.15, -0.1) is 0 Å². The third-order valence-electron chi connectivity index (χ3n) is 6.44. The fraction of sp³-hybridized carbons (Fsp3) is 0.107. The molecule has 3 aromatic rings. The molecule has 0 saturated heterocycles. The lowest BCUT2D eigenvalue weighted by Gasteiger charge is -2.30. The van der Waals surface area contributed by atoms with Gasteiger partial charge in [0.25, 0.3) is 0 Å². The third-order valence-corrected chi connectivity index (χ3v) is 7.16. The summed E-state index contributed by atoms with van der Waals surface area (Å²) in [5.41, 5.74) is 6.82. The molecule has 0 saturated carbocycles. The molecule has 6 rings (SSSR count). The molecule has 0 N–H and O–H groups in total. The molecule has 0 bridgehead atoms. The third kappa shape index (κ3) is 2.71. The van der Waals surface area contributed by atoms with Crippen molar-refractivity contribution in [1.82, 2.24) is 0 Å². The van der Waals surface area contributed by atoms with Gasteiger partial charge in [0.2, 0.25) is 0 Å². The van der Waals surface area contributed by atoms with Gasteiger partial charge in [-0.3, -0.25) is 4.99 Å². The quantitative estimate of drug-likeness (QED) is 0.435. The van der Waals surface area contributed by atoms with E-state index in [1.807, 2.05) is 12.4 Å². The van der Waals surface area contributed by atoms with Crippen molar-refractivity contribution in [3.8, 4) is 0 Å². The van der Waals surface area contributed by atoms with Gasteiger partial charge >= 0.3 is 0 Å². The van der Waals surface area contributed by atoms with E-state index in [1.165, 1.54) is 53.5 Å². The smallest absolute Gasteiger partial charge is 0.0347 e. The first-order chi connectivity index (χ1) is 14.8. The van der Waals surface area contributed by atoms with E-state index in [0.717, 1.165) is 12.8 Å². The molecule has 3 aromatic carbocycles. The molecular formula is C28H20BrN. The molecule has 2 aliphatic carbocycles. The summed E-state index contributed by atoms with van der Waals surface area (Å²) in [6, 6.07) is 21.7. The Morgan fingerprint density at radius 2 is 1.80 bits per heavy atom. The molecular weight excluding hydrogens is 430 g/mol. The summed E-state index contributed by atoms with van der Waals surface area (Å²) in [4.78, 5) is 4.64. The van der Waals surface area contributed by atoms with E-state index in [9.17, 15) is 0 Å². The minimum atomic E-state index is 0.397. The van der Waals surface area contributed by atoms with E-state index >= 15 is 0 Å². The Kier molecular flexibility index (Phi) is 4.21. The number of rotatable bonds is 1. The van der Waals surface area contributed by atoms with E-state index in [0.29, 0.717) is 5.92 Å². The van der Waals surface area contributed by atoms with Crippen molar-refractivity contribution >= 4 is 44.7 Å². The van der Waals surface area contributed by atoms with Crippen LogP contribution in [0.2, 0.25) is 0 Å². The van der Waals surface area contributed by atoms with E-state index in [1.54, 1.807) is 0 Å². The van der Waals surface area contributed by atoms with Gasteiger partial charge < -0.3 is 0 Å². The van der Waals surface area contributed by atoms with Crippen LogP contribution in [0.15, 0.2) is 105 Å². The summed E-state index contributed by atoms with van der Waals surface area (Å²) in [7, 11) is 0. The van der Waals surface area contributed by atoms with E-state index < -0.39 is 0 Å². The predicted molar refractivity (Wildman–Crippen MR) is 130 cm³/mol. The summed E-state index contributed by atoms with van der Waals surface area (Å²) in [6.45, 7) is 0. The summed E-state index contributed by atoms with van der Waals surface area (Å²) in [5, 5.41) is 5.06. The van der Waals surface area contributed by atoms with Crippen molar-refractivity contribution in [3.05, 3.63) is 116 Å². The first-order valence-corrected chi connectivity index (χ1v) is 11.2. The molecule has 1 atom stereocenters. The van der Waals surface area contributed by atoms with Crippen molar-refractivity contribution in [2.24, 2.45) is 4.99 Å². The van der Waals surface area contributed by atoms with Crippen molar-refractivity contribution < 1.29 is 0 Å². The minimum Gasteiger partial charge on any atom is -0.263 e. The van der Waals surface area contributed by atoms with Crippen molar-refractivity contribution in [2.45, 2.75) is 18.8 Å². The monoisotopic (exact) mass is 449 g/mol. The molecule has 0 radical (unpaired) electrons. The number of halogens is 1. The van der Waals surface area contributed by atoms with Crippen LogP contribution in [0.5, 0.6) is 0 Å². The lowest BCUT2D eigenvalue weighted by molar-refractivity contribution is 0.762. The van der Waals surface area contributed by atoms with Crippen LogP contribution in [0.4, 0.5) is 0 Å². The molecule has 30 heavy (non-hydrogen) atoms. The lowest BCUT2D eigenvalue weighted by atomic mass is 9.74. The van der Waals surface area contributed by atoms with E-state index in [-0.39, 0.29) is 0 Å². The number of nitrogens with zero attached hydrogens (tertiary/aromatic N) is 1. The first-order valence-electron chi connectivity index (χ1n) is 10.4. The average molecular weight is 450 g/mol. The van der Waals surface area contributed by atoms with Gasteiger partial charge in [-0.05, 0) is 57.2 Å². The van der Waals surface area contributed by atoms with Crippen LogP contribution in [0.3, 0.4) is 0 Å². The Bertz CT molecular complexity index is 1450. The Morgan fingerprint density at radius 3 is 2.73 bits per heavy atom. The normalized spacial score (nSPS) is 19.6. The van der Waals surface area contributed by atoms with E-state index in [4.69, 9.17) is 0 Å². The van der Waals surface area contributed by atoms with Gasteiger partial charge in [-0.1, -0.05) is 94.3 Å². The van der Waals surface area contributed by atoms with Gasteiger partial charge in [0, 0.05) is 28.0 Å². The topological polar surface area (TPSA) is 12.4 Å². The summed E-state index contributed by atoms with van der Waals surface area (Å²) >= 11 is 3.79. The zero-order chi connectivity index (χ0) is 20.1. The zero-order valence-electron chi connectivity index (χ0n) is 16.5. The van der Waals surface area contributed by atoms with Gasteiger partial charge in [0.05, 0.1) is 0 Å². The summed E-state index contributed by atoms with van der Waals surface area (Å²) in [5.74, 6) is 0.397. The first kappa shape index (κ1) is 17.9. The molecule has 1 aliphatic heterocycles. The number of benzene rings is 3. The largest absolute Gasteiger partial charge is 0.263 e. The lowest BCUT2D eigenvalue weighted by Crippen LogP contribution is -2.29. The fourth-order valence-corrected chi connectivity index (χ4v) is 5.64. The maximum absolute atomic E-state index is 4.64. The van der Waals surface area contributed by atoms with Gasteiger partial charge in [0.15, 0.2) is 0 Å². The number of hydrogen-bond donors (Lipinski definition) is 0. The highest BCUT2D eigenvalue weighted by atomic mass is 79.9. The maximum Gasteiger partial charge on any atom is 0.0347 e. The summed E-state index contributed by atoms with van der Waals surface area (Å²) < 4.78 is 1.19. The molecule has 0 fully saturated rings. The van der Waals surface area contributed by atoms with Crippen molar-refractivity contribution in [3.63, 3.8) is 0 Å². The van der Waals surface area contributed by atoms with Crippen LogP contribution in [0.1, 0.15) is 24.3 Å². The maximum atomic E-state index is 4.64. The Morgan fingerprint density at radius 1 is 0.933 bits per heavy atom. The second-order valence-corrected chi connectivity index (χ2v) is 8.90. The fourth-order valence-electron chi connectivity index (χ4n) is 5.07. The molecule has 0 amide bonds. The Hall–Kier alpha value is -2.97. The van der Waals surface area contributed by atoms with E-state index in [2.05, 4.69) is 99.8 Å². The summed E-state index contributed by atoms with van der Waals surface area (Å²) in [6.07, 6.45) is 13.1. The molecule has 2 heteroatoms. The molecule has 3 aliphatic rings. The van der Waals surface area contributed by atoms with Crippen LogP contribution in [0.25, 0.3) is 22.5 Å². The zero-order valence-corrected chi connectivity index (χ0v) is 18.1. The molecule has 0 aromatic heterocycles. The Balaban J connectivity index is 1.71. The number of hydrogen-bond acceptors (Lipinski definition) is 1. The number of aliphatic imine (C=N–C) groups is 1. The minimum absolute atomic E-state index is 0.397. The van der Waals surface area contributed by atoms with Crippen LogP contribution in [-0.4, -0.2) is 6.21 Å². The molecule has 0 unspecified atom stereocenters. The van der Waals surface area contributed by atoms with Gasteiger partial charge in [-0.2, -0.15) is 0 Å². The highest BCUT2D eigenvalue weighted by Crippen LogP contribution is 2.44. The van der Waals surface area contributed by atoms with Crippen molar-refractivity contribution in [1.29, 1.82) is 0 Å². The highest BCUT2D eigenvalue weighted by molar-refractivity contribution is 9.10. The predicted octanol–water partition coefficient (Wildman–Crippen LogP) is 5.95. The second-order valence-electron chi connectivity index (χ2n) is 8.05. The standard InChI is InChI=1S/C28H20BrN/c29-26-11-4-3-8-24(26)22-9-5-10-25-23(22)15-14-20-17-30-16-19-13-12-18-6-1-2-7-21(18)27(19)28(20)25/h1-8,10-14,16-17,22H,9,15H2/t22-/m0/s1. The Labute approximate surface area is 184 Å².